The minimum absolute atomic E-state index is 0.186. The number of anilines is 1. The zero-order valence-corrected chi connectivity index (χ0v) is 19.7. The molecule has 3 aromatic rings. The van der Waals surface area contributed by atoms with Crippen molar-refractivity contribution in [2.45, 2.75) is 13.5 Å². The van der Waals surface area contributed by atoms with Gasteiger partial charge in [0.2, 0.25) is 0 Å². The zero-order valence-electron chi connectivity index (χ0n) is 17.5. The molecule has 0 unspecified atom stereocenters. The number of carbonyl (C=O) groups is 1. The summed E-state index contributed by atoms with van der Waals surface area (Å²) in [5, 5.41) is 5.82. The van der Waals surface area contributed by atoms with E-state index in [4.69, 9.17) is 9.47 Å². The summed E-state index contributed by atoms with van der Waals surface area (Å²) < 4.78 is 25.7. The SMILES string of the molecule is COc1cc(/C=C2/C(=O)N(c3ccccc3)N=C2C)cc(I)c1OCc1cccc(F)c1. The van der Waals surface area contributed by atoms with Gasteiger partial charge in [0, 0.05) is 0 Å². The third-order valence-electron chi connectivity index (χ3n) is 4.90. The van der Waals surface area contributed by atoms with Crippen molar-refractivity contribution in [3.8, 4) is 11.5 Å². The number of methoxy groups -OCH3 is 1. The molecule has 32 heavy (non-hydrogen) atoms. The maximum Gasteiger partial charge on any atom is 0.280 e. The monoisotopic (exact) mass is 542 g/mol. The maximum atomic E-state index is 13.4. The molecule has 1 aliphatic heterocycles. The molecule has 1 amide bonds. The summed E-state index contributed by atoms with van der Waals surface area (Å²) in [6.07, 6.45) is 1.80. The summed E-state index contributed by atoms with van der Waals surface area (Å²) in [6.45, 7) is 2.02. The number of benzene rings is 3. The van der Waals surface area contributed by atoms with Crippen LogP contribution in [0.25, 0.3) is 6.08 Å². The molecule has 0 radical (unpaired) electrons. The number of hydrazone groups is 1. The van der Waals surface area contributed by atoms with Crippen molar-refractivity contribution in [1.29, 1.82) is 0 Å². The Morgan fingerprint density at radius 1 is 1.09 bits per heavy atom. The Labute approximate surface area is 199 Å². The van der Waals surface area contributed by atoms with E-state index in [1.165, 1.54) is 17.1 Å². The van der Waals surface area contributed by atoms with Crippen LogP contribution >= 0.6 is 22.6 Å². The van der Waals surface area contributed by atoms with E-state index in [1.54, 1.807) is 25.3 Å². The van der Waals surface area contributed by atoms with E-state index in [0.717, 1.165) is 14.7 Å². The number of halogens is 2. The third-order valence-corrected chi connectivity index (χ3v) is 5.70. The number of para-hydroxylation sites is 1. The van der Waals surface area contributed by atoms with Crippen LogP contribution in [0, 0.1) is 9.39 Å². The Morgan fingerprint density at radius 2 is 1.88 bits per heavy atom. The van der Waals surface area contributed by atoms with Gasteiger partial charge in [-0.1, -0.05) is 30.3 Å². The Hall–Kier alpha value is -3.20. The van der Waals surface area contributed by atoms with Crippen molar-refractivity contribution in [2.75, 3.05) is 12.1 Å². The Morgan fingerprint density at radius 3 is 2.59 bits per heavy atom. The molecular weight excluding hydrogens is 522 g/mol. The summed E-state index contributed by atoms with van der Waals surface area (Å²) >= 11 is 2.16. The second-order valence-electron chi connectivity index (χ2n) is 7.15. The van der Waals surface area contributed by atoms with Gasteiger partial charge in [0.15, 0.2) is 11.5 Å². The summed E-state index contributed by atoms with van der Waals surface area (Å²) in [7, 11) is 1.56. The van der Waals surface area contributed by atoms with E-state index < -0.39 is 0 Å². The van der Waals surface area contributed by atoms with Crippen molar-refractivity contribution in [2.24, 2.45) is 5.10 Å². The molecule has 162 valence electrons. The Balaban J connectivity index is 1.59. The molecule has 0 atom stereocenters. The number of hydrogen-bond donors (Lipinski definition) is 0. The Bertz CT molecular complexity index is 1230. The molecule has 1 aliphatic rings. The van der Waals surface area contributed by atoms with E-state index in [9.17, 15) is 9.18 Å². The molecule has 0 aromatic heterocycles. The first-order valence-electron chi connectivity index (χ1n) is 9.88. The molecule has 0 saturated carbocycles. The van der Waals surface area contributed by atoms with Crippen molar-refractivity contribution in [3.05, 3.63) is 92.8 Å². The van der Waals surface area contributed by atoms with Gasteiger partial charge in [0.1, 0.15) is 12.4 Å². The Kier molecular flexibility index (Phi) is 6.55. The van der Waals surface area contributed by atoms with Gasteiger partial charge in [-0.25, -0.2) is 4.39 Å². The molecule has 0 spiro atoms. The average molecular weight is 542 g/mol. The van der Waals surface area contributed by atoms with Crippen LogP contribution in [0.15, 0.2) is 77.4 Å². The fraction of sp³-hybridized carbons (Fsp3) is 0.120. The molecule has 0 bridgehead atoms. The lowest BCUT2D eigenvalue weighted by molar-refractivity contribution is -0.114. The first-order chi connectivity index (χ1) is 15.5. The van der Waals surface area contributed by atoms with Gasteiger partial charge < -0.3 is 9.47 Å². The van der Waals surface area contributed by atoms with Crippen LogP contribution in [-0.4, -0.2) is 18.7 Å². The topological polar surface area (TPSA) is 51.1 Å². The van der Waals surface area contributed by atoms with E-state index in [-0.39, 0.29) is 18.3 Å². The maximum absolute atomic E-state index is 13.4. The fourth-order valence-electron chi connectivity index (χ4n) is 3.34. The average Bonchev–Trinajstić information content (AvgIpc) is 3.07. The summed E-state index contributed by atoms with van der Waals surface area (Å²) in [5.74, 6) is 0.598. The van der Waals surface area contributed by atoms with Crippen LogP contribution in [0.1, 0.15) is 18.1 Å². The number of carbonyl (C=O) groups excluding carboxylic acids is 1. The smallest absolute Gasteiger partial charge is 0.280 e. The van der Waals surface area contributed by atoms with E-state index in [2.05, 4.69) is 27.7 Å². The molecule has 4 rings (SSSR count). The molecular formula is C25H20FIN2O3. The molecule has 5 nitrogen and oxygen atoms in total. The predicted octanol–water partition coefficient (Wildman–Crippen LogP) is 5.82. The first kappa shape index (κ1) is 22.0. The van der Waals surface area contributed by atoms with Crippen molar-refractivity contribution in [1.82, 2.24) is 0 Å². The second kappa shape index (κ2) is 9.52. The van der Waals surface area contributed by atoms with Crippen molar-refractivity contribution >= 4 is 46.0 Å². The van der Waals surface area contributed by atoms with Crippen molar-refractivity contribution < 1.29 is 18.7 Å². The van der Waals surface area contributed by atoms with E-state index in [1.807, 2.05) is 49.4 Å². The fourth-order valence-corrected chi connectivity index (χ4v) is 4.12. The second-order valence-corrected chi connectivity index (χ2v) is 8.31. The zero-order chi connectivity index (χ0) is 22.7. The van der Waals surface area contributed by atoms with Crippen molar-refractivity contribution in [3.63, 3.8) is 0 Å². The van der Waals surface area contributed by atoms with Crippen LogP contribution in [0.4, 0.5) is 10.1 Å². The molecule has 0 N–H and O–H groups in total. The number of ether oxygens (including phenoxy) is 2. The number of hydrogen-bond acceptors (Lipinski definition) is 4. The lowest BCUT2D eigenvalue weighted by Crippen LogP contribution is -2.21. The van der Waals surface area contributed by atoms with Gasteiger partial charge in [-0.2, -0.15) is 10.1 Å². The highest BCUT2D eigenvalue weighted by Gasteiger charge is 2.28. The molecule has 7 heteroatoms. The summed E-state index contributed by atoms with van der Waals surface area (Å²) in [4.78, 5) is 13.0. The number of rotatable bonds is 6. The van der Waals surface area contributed by atoms with Gasteiger partial charge in [0.05, 0.1) is 27.7 Å². The minimum atomic E-state index is -0.308. The number of nitrogens with zero attached hydrogens (tertiary/aromatic N) is 2. The standard InChI is InChI=1S/C25H20FIN2O3/c1-16-21(25(30)29(28-16)20-9-4-3-5-10-20)12-18-13-22(27)24(23(14-18)31-2)32-15-17-7-6-8-19(26)11-17/h3-14H,15H2,1-2H3/b21-12+. The van der Waals surface area contributed by atoms with Gasteiger partial charge in [-0.05, 0) is 83.1 Å². The summed E-state index contributed by atoms with van der Waals surface area (Å²) in [5.41, 5.74) is 3.38. The molecule has 3 aromatic carbocycles. The van der Waals surface area contributed by atoms with Gasteiger partial charge >= 0.3 is 0 Å². The number of amides is 1. The quantitative estimate of drug-likeness (QED) is 0.291. The van der Waals surface area contributed by atoms with Gasteiger partial charge in [-0.15, -0.1) is 0 Å². The molecule has 0 saturated heterocycles. The molecule has 1 heterocycles. The normalized spacial score (nSPS) is 14.6. The lowest BCUT2D eigenvalue weighted by atomic mass is 10.1. The van der Waals surface area contributed by atoms with E-state index >= 15 is 0 Å². The van der Waals surface area contributed by atoms with Crippen LogP contribution in [-0.2, 0) is 11.4 Å². The lowest BCUT2D eigenvalue weighted by Gasteiger charge is -2.14. The largest absolute Gasteiger partial charge is 0.493 e. The highest BCUT2D eigenvalue weighted by molar-refractivity contribution is 14.1. The van der Waals surface area contributed by atoms with E-state index in [0.29, 0.717) is 28.5 Å². The van der Waals surface area contributed by atoms with Crippen LogP contribution < -0.4 is 14.5 Å². The summed E-state index contributed by atoms with van der Waals surface area (Å²) in [6, 6.07) is 19.3. The molecule has 0 aliphatic carbocycles. The highest BCUT2D eigenvalue weighted by atomic mass is 127. The van der Waals surface area contributed by atoms with Gasteiger partial charge in [0.25, 0.3) is 5.91 Å². The third kappa shape index (κ3) is 4.67. The van der Waals surface area contributed by atoms with Crippen LogP contribution in [0.2, 0.25) is 0 Å². The predicted molar refractivity (Wildman–Crippen MR) is 131 cm³/mol. The highest BCUT2D eigenvalue weighted by Crippen LogP contribution is 2.36. The van der Waals surface area contributed by atoms with Crippen LogP contribution in [0.5, 0.6) is 11.5 Å². The van der Waals surface area contributed by atoms with Gasteiger partial charge in [-0.3, -0.25) is 4.79 Å². The first-order valence-corrected chi connectivity index (χ1v) is 11.0. The molecule has 0 fully saturated rings. The minimum Gasteiger partial charge on any atom is -0.493 e. The van der Waals surface area contributed by atoms with Crippen LogP contribution in [0.3, 0.4) is 0 Å².